The highest BCUT2D eigenvalue weighted by Crippen LogP contribution is 2.31. The van der Waals surface area contributed by atoms with Gasteiger partial charge in [-0.3, -0.25) is 4.79 Å². The number of nitrogens with one attached hydrogen (secondary N) is 1. The molecule has 0 saturated heterocycles. The smallest absolute Gasteiger partial charge is 0.349 e. The largest absolute Gasteiger partial charge is 0.482 e. The summed E-state index contributed by atoms with van der Waals surface area (Å²) in [7, 11) is 0. The summed E-state index contributed by atoms with van der Waals surface area (Å²) >= 11 is 0. The molecule has 0 aliphatic carbocycles. The average molecular weight is 327 g/mol. The van der Waals surface area contributed by atoms with Crippen molar-refractivity contribution >= 4 is 17.6 Å². The van der Waals surface area contributed by atoms with Crippen LogP contribution >= 0.6 is 0 Å². The van der Waals surface area contributed by atoms with Gasteiger partial charge in [-0.25, -0.2) is 4.79 Å². The topological polar surface area (TPSA) is 73.9 Å². The number of ether oxygens (including phenoxy) is 3. The van der Waals surface area contributed by atoms with Gasteiger partial charge in [0.1, 0.15) is 17.2 Å². The molecule has 1 amide bonds. The lowest BCUT2D eigenvalue weighted by atomic mass is 10.1. The van der Waals surface area contributed by atoms with Gasteiger partial charge in [-0.2, -0.15) is 0 Å². The van der Waals surface area contributed by atoms with Crippen molar-refractivity contribution in [2.24, 2.45) is 0 Å². The minimum atomic E-state index is -0.518. The van der Waals surface area contributed by atoms with Crippen LogP contribution in [0.2, 0.25) is 0 Å². The summed E-state index contributed by atoms with van der Waals surface area (Å²) in [5.74, 6) is 0.725. The maximum atomic E-state index is 11.9. The molecule has 0 bridgehead atoms. The Morgan fingerprint density at radius 1 is 1.25 bits per heavy atom. The van der Waals surface area contributed by atoms with Crippen LogP contribution in [0.3, 0.4) is 0 Å². The quantitative estimate of drug-likeness (QED) is 0.690. The van der Waals surface area contributed by atoms with Gasteiger partial charge >= 0.3 is 5.97 Å². The van der Waals surface area contributed by atoms with E-state index in [0.717, 1.165) is 11.1 Å². The highest BCUT2D eigenvalue weighted by molar-refractivity contribution is 5.95. The van der Waals surface area contributed by atoms with Gasteiger partial charge < -0.3 is 19.5 Å². The van der Waals surface area contributed by atoms with E-state index in [1.54, 1.807) is 18.2 Å². The van der Waals surface area contributed by atoms with Crippen molar-refractivity contribution < 1.29 is 23.8 Å². The van der Waals surface area contributed by atoms with Crippen LogP contribution in [-0.4, -0.2) is 25.1 Å². The zero-order valence-corrected chi connectivity index (χ0v) is 13.4. The van der Waals surface area contributed by atoms with Crippen LogP contribution in [0, 0.1) is 13.8 Å². The molecule has 0 unspecified atom stereocenters. The summed E-state index contributed by atoms with van der Waals surface area (Å²) in [4.78, 5) is 23.2. The Bertz CT molecular complexity index is 800. The Morgan fingerprint density at radius 3 is 2.92 bits per heavy atom. The van der Waals surface area contributed by atoms with Gasteiger partial charge in [0.2, 0.25) is 0 Å². The summed E-state index contributed by atoms with van der Waals surface area (Å²) in [5.41, 5.74) is 2.63. The van der Waals surface area contributed by atoms with Crippen molar-refractivity contribution in [1.29, 1.82) is 0 Å². The Morgan fingerprint density at radius 2 is 2.08 bits per heavy atom. The van der Waals surface area contributed by atoms with Gasteiger partial charge in [-0.1, -0.05) is 12.1 Å². The number of benzene rings is 2. The van der Waals surface area contributed by atoms with E-state index in [0.29, 0.717) is 22.9 Å². The molecule has 2 aromatic carbocycles. The maximum Gasteiger partial charge on any atom is 0.349 e. The minimum absolute atomic E-state index is 0.0554. The van der Waals surface area contributed by atoms with Gasteiger partial charge in [0.05, 0.1) is 5.69 Å². The summed E-state index contributed by atoms with van der Waals surface area (Å²) in [6.07, 6.45) is 0. The first kappa shape index (κ1) is 15.9. The third-order valence-corrected chi connectivity index (χ3v) is 3.72. The fraction of sp³-hybridized carbons (Fsp3) is 0.222. The van der Waals surface area contributed by atoms with Crippen LogP contribution in [0.5, 0.6) is 17.2 Å². The van der Waals surface area contributed by atoms with Gasteiger partial charge in [-0.05, 0) is 43.2 Å². The predicted octanol–water partition coefficient (Wildman–Crippen LogP) is 2.62. The molecule has 3 rings (SSSR count). The number of esters is 1. The number of anilines is 1. The highest BCUT2D eigenvalue weighted by atomic mass is 16.6. The van der Waals surface area contributed by atoms with Crippen molar-refractivity contribution in [2.45, 2.75) is 13.8 Å². The molecular formula is C18H17NO5. The molecule has 1 N–H and O–H groups in total. The zero-order chi connectivity index (χ0) is 17.1. The molecule has 0 fully saturated rings. The van der Waals surface area contributed by atoms with E-state index in [1.165, 1.54) is 0 Å². The normalized spacial score (nSPS) is 12.7. The van der Waals surface area contributed by atoms with Crippen LogP contribution in [0.25, 0.3) is 0 Å². The third-order valence-electron chi connectivity index (χ3n) is 3.72. The van der Waals surface area contributed by atoms with Crippen molar-refractivity contribution in [2.75, 3.05) is 18.5 Å². The molecule has 1 heterocycles. The highest BCUT2D eigenvalue weighted by Gasteiger charge is 2.17. The second-order valence-corrected chi connectivity index (χ2v) is 5.46. The zero-order valence-electron chi connectivity index (χ0n) is 13.4. The van der Waals surface area contributed by atoms with Gasteiger partial charge in [0, 0.05) is 6.07 Å². The van der Waals surface area contributed by atoms with E-state index in [2.05, 4.69) is 5.32 Å². The lowest BCUT2D eigenvalue weighted by Gasteiger charge is -2.18. The molecule has 0 atom stereocenters. The molecule has 0 spiro atoms. The summed E-state index contributed by atoms with van der Waals surface area (Å²) in [6.45, 7) is 3.66. The third kappa shape index (κ3) is 3.48. The number of rotatable bonds is 4. The predicted molar refractivity (Wildman–Crippen MR) is 87.6 cm³/mol. The molecule has 24 heavy (non-hydrogen) atoms. The van der Waals surface area contributed by atoms with Crippen LogP contribution < -0.4 is 19.5 Å². The molecule has 0 aromatic heterocycles. The van der Waals surface area contributed by atoms with Crippen molar-refractivity contribution in [3.63, 3.8) is 0 Å². The summed E-state index contributed by atoms with van der Waals surface area (Å²) in [5, 5.41) is 2.67. The van der Waals surface area contributed by atoms with E-state index in [1.807, 2.05) is 32.0 Å². The maximum absolute atomic E-state index is 11.9. The first-order chi connectivity index (χ1) is 11.5. The molecule has 1 aliphatic rings. The Labute approximate surface area is 139 Å². The molecule has 0 saturated carbocycles. The lowest BCUT2D eigenvalue weighted by Crippen LogP contribution is -2.25. The number of amides is 1. The van der Waals surface area contributed by atoms with E-state index >= 15 is 0 Å². The van der Waals surface area contributed by atoms with E-state index in [-0.39, 0.29) is 19.1 Å². The number of aryl methyl sites for hydroxylation is 1. The lowest BCUT2D eigenvalue weighted by molar-refractivity contribution is -0.136. The van der Waals surface area contributed by atoms with Crippen molar-refractivity contribution in [1.82, 2.24) is 0 Å². The molecular weight excluding hydrogens is 310 g/mol. The van der Waals surface area contributed by atoms with E-state index in [4.69, 9.17) is 14.2 Å². The number of fused-ring (bicyclic) bond motifs is 1. The molecule has 1 aliphatic heterocycles. The van der Waals surface area contributed by atoms with E-state index in [9.17, 15) is 9.59 Å². The number of carbonyl (C=O) groups excluding carboxylic acids is 2. The first-order valence-corrected chi connectivity index (χ1v) is 7.49. The van der Waals surface area contributed by atoms with Gasteiger partial charge in [0.15, 0.2) is 13.2 Å². The number of hydrogen-bond acceptors (Lipinski definition) is 5. The Hall–Kier alpha value is -3.02. The molecule has 6 nitrogen and oxygen atoms in total. The summed E-state index contributed by atoms with van der Waals surface area (Å²) < 4.78 is 16.0. The SMILES string of the molecule is Cc1cccc(OCC(=O)Oc2ccc3c(c2)OCC(=O)N3)c1C. The fourth-order valence-corrected chi connectivity index (χ4v) is 2.30. The number of hydrogen-bond donors (Lipinski definition) is 1. The van der Waals surface area contributed by atoms with Crippen LogP contribution in [0.15, 0.2) is 36.4 Å². The van der Waals surface area contributed by atoms with Crippen LogP contribution in [-0.2, 0) is 9.59 Å². The molecule has 124 valence electrons. The number of carbonyl (C=O) groups is 2. The van der Waals surface area contributed by atoms with Crippen molar-refractivity contribution in [3.05, 3.63) is 47.5 Å². The van der Waals surface area contributed by atoms with Gasteiger partial charge in [0.25, 0.3) is 5.91 Å². The molecule has 6 heteroatoms. The fourth-order valence-electron chi connectivity index (χ4n) is 2.30. The molecule has 2 aromatic rings. The Kier molecular flexibility index (Phi) is 4.37. The average Bonchev–Trinajstić information content (AvgIpc) is 2.56. The minimum Gasteiger partial charge on any atom is -0.482 e. The van der Waals surface area contributed by atoms with Crippen LogP contribution in [0.4, 0.5) is 5.69 Å². The second kappa shape index (κ2) is 6.62. The van der Waals surface area contributed by atoms with Crippen LogP contribution in [0.1, 0.15) is 11.1 Å². The van der Waals surface area contributed by atoms with Crippen molar-refractivity contribution in [3.8, 4) is 17.2 Å². The Balaban J connectivity index is 1.61. The summed E-state index contributed by atoms with van der Waals surface area (Å²) in [6, 6.07) is 10.4. The monoisotopic (exact) mass is 327 g/mol. The molecule has 0 radical (unpaired) electrons. The van der Waals surface area contributed by atoms with Gasteiger partial charge in [-0.15, -0.1) is 0 Å². The van der Waals surface area contributed by atoms with E-state index < -0.39 is 5.97 Å². The first-order valence-electron chi connectivity index (χ1n) is 7.49. The standard InChI is InChI=1S/C18H17NO5/c1-11-4-3-5-15(12(11)2)23-10-18(21)24-13-6-7-14-16(8-13)22-9-17(20)19-14/h3-8H,9-10H2,1-2H3,(H,19,20). The second-order valence-electron chi connectivity index (χ2n) is 5.46.